The van der Waals surface area contributed by atoms with Gasteiger partial charge in [0.1, 0.15) is 0 Å². The lowest BCUT2D eigenvalue weighted by Gasteiger charge is -2.21. The zero-order valence-corrected chi connectivity index (χ0v) is 18.2. The van der Waals surface area contributed by atoms with E-state index in [4.69, 9.17) is 0 Å². The molecule has 23 heavy (non-hydrogen) atoms. The van der Waals surface area contributed by atoms with E-state index in [2.05, 4.69) is 96.9 Å². The molecule has 140 valence electrons. The summed E-state index contributed by atoms with van der Waals surface area (Å²) in [6, 6.07) is 0. The Kier molecular flexibility index (Phi) is 5.50. The summed E-state index contributed by atoms with van der Waals surface area (Å²) < 4.78 is 0. The van der Waals surface area contributed by atoms with Gasteiger partial charge < -0.3 is 0 Å². The maximum Gasteiger partial charge on any atom is -0.0252 e. The van der Waals surface area contributed by atoms with Crippen LogP contribution in [0.3, 0.4) is 0 Å². The molecule has 2 saturated carbocycles. The Morgan fingerprint density at radius 2 is 0.565 bits per heavy atom. The Morgan fingerprint density at radius 3 is 0.565 bits per heavy atom. The minimum atomic E-state index is 0. The molecule has 0 saturated heterocycles. The molecule has 0 heteroatoms. The average molecular weight is 325 g/mol. The van der Waals surface area contributed by atoms with Crippen molar-refractivity contribution in [2.75, 3.05) is 0 Å². The van der Waals surface area contributed by atoms with Crippen molar-refractivity contribution in [3.05, 3.63) is 0 Å². The van der Waals surface area contributed by atoms with Crippen LogP contribution in [0.2, 0.25) is 0 Å². The highest BCUT2D eigenvalue weighted by molar-refractivity contribution is 5.16. The van der Waals surface area contributed by atoms with Crippen LogP contribution >= 0.6 is 0 Å². The quantitative estimate of drug-likeness (QED) is 0.422. The van der Waals surface area contributed by atoms with Crippen LogP contribution in [0.4, 0.5) is 0 Å². The largest absolute Gasteiger partial charge is 0.0776 e. The summed E-state index contributed by atoms with van der Waals surface area (Å²) in [6.07, 6.45) is 0. The van der Waals surface area contributed by atoms with E-state index in [1.54, 1.807) is 0 Å². The highest BCUT2D eigenvalue weighted by atomic mass is 14.7. The molecule has 0 amide bonds. The van der Waals surface area contributed by atoms with Crippen molar-refractivity contribution in [3.63, 3.8) is 0 Å². The average Bonchev–Trinajstić information content (AvgIpc) is 2.69. The van der Waals surface area contributed by atoms with Gasteiger partial charge in [-0.2, -0.15) is 0 Å². The summed E-state index contributed by atoms with van der Waals surface area (Å²) in [5.74, 6) is 1.75. The Bertz CT molecular complexity index is 348. The SMILES string of the molecule is C.CC(C)(C)C1C(C)(C)C1(C)C.CC(C)(C)C1C(C)(C)C1(C)C. The highest BCUT2D eigenvalue weighted by Crippen LogP contribution is 2.74. The second kappa shape index (κ2) is 5.50. The summed E-state index contributed by atoms with van der Waals surface area (Å²) in [5.41, 5.74) is 3.15. The van der Waals surface area contributed by atoms with Crippen LogP contribution in [0.25, 0.3) is 0 Å². The minimum absolute atomic E-state index is 0. The molecule has 0 nitrogen and oxygen atoms in total. The zero-order chi connectivity index (χ0) is 18.2. The zero-order valence-electron chi connectivity index (χ0n) is 18.2. The number of hydrogen-bond acceptors (Lipinski definition) is 0. The first-order chi connectivity index (χ1) is 9.23. The molecule has 0 aromatic carbocycles. The standard InChI is InChI=1S/2C11H22.CH4/c2*1-9(2,3)8-10(4,5)11(8,6)7;/h2*8H,1-7H3;1H4. The molecule has 0 atom stereocenters. The predicted octanol–water partition coefficient (Wildman–Crippen LogP) is 8.07. The fourth-order valence-corrected chi connectivity index (χ4v) is 6.72. The molecule has 0 bridgehead atoms. The number of hydrogen-bond donors (Lipinski definition) is 0. The van der Waals surface area contributed by atoms with E-state index in [0.29, 0.717) is 32.5 Å². The van der Waals surface area contributed by atoms with Crippen LogP contribution in [0.5, 0.6) is 0 Å². The summed E-state index contributed by atoms with van der Waals surface area (Å²) >= 11 is 0. The molecule has 0 unspecified atom stereocenters. The van der Waals surface area contributed by atoms with Gasteiger partial charge in [-0.25, -0.2) is 0 Å². The molecular formula is C23H48. The Labute approximate surface area is 149 Å². The van der Waals surface area contributed by atoms with E-state index in [-0.39, 0.29) is 7.43 Å². The van der Waals surface area contributed by atoms with Gasteiger partial charge in [-0.15, -0.1) is 0 Å². The Morgan fingerprint density at radius 1 is 0.435 bits per heavy atom. The van der Waals surface area contributed by atoms with Gasteiger partial charge in [0.15, 0.2) is 0 Å². The maximum atomic E-state index is 2.39. The third-order valence-electron chi connectivity index (χ3n) is 7.77. The van der Waals surface area contributed by atoms with E-state index in [1.165, 1.54) is 0 Å². The fraction of sp³-hybridized carbons (Fsp3) is 1.00. The first-order valence-corrected chi connectivity index (χ1v) is 9.23. The van der Waals surface area contributed by atoms with Gasteiger partial charge in [0, 0.05) is 0 Å². The van der Waals surface area contributed by atoms with Crippen LogP contribution in [0.1, 0.15) is 104 Å². The van der Waals surface area contributed by atoms with Gasteiger partial charge >= 0.3 is 0 Å². The van der Waals surface area contributed by atoms with Crippen molar-refractivity contribution in [1.82, 2.24) is 0 Å². The van der Waals surface area contributed by atoms with Gasteiger partial charge in [0.25, 0.3) is 0 Å². The van der Waals surface area contributed by atoms with Crippen molar-refractivity contribution in [2.45, 2.75) is 104 Å². The lowest BCUT2D eigenvalue weighted by Crippen LogP contribution is -2.13. The van der Waals surface area contributed by atoms with Gasteiger partial charge in [0.05, 0.1) is 0 Å². The first-order valence-electron chi connectivity index (χ1n) is 9.23. The summed E-state index contributed by atoms with van der Waals surface area (Å²) in [5, 5.41) is 0. The summed E-state index contributed by atoms with van der Waals surface area (Å²) in [4.78, 5) is 0. The van der Waals surface area contributed by atoms with Crippen LogP contribution in [0.15, 0.2) is 0 Å². The van der Waals surface area contributed by atoms with E-state index >= 15 is 0 Å². The van der Waals surface area contributed by atoms with E-state index < -0.39 is 0 Å². The van der Waals surface area contributed by atoms with Crippen LogP contribution in [-0.2, 0) is 0 Å². The smallest absolute Gasteiger partial charge is 0.0252 e. The van der Waals surface area contributed by atoms with Gasteiger partial charge in [0.2, 0.25) is 0 Å². The van der Waals surface area contributed by atoms with E-state index in [0.717, 1.165) is 11.8 Å². The van der Waals surface area contributed by atoms with Crippen LogP contribution in [-0.4, -0.2) is 0 Å². The van der Waals surface area contributed by atoms with Crippen molar-refractivity contribution >= 4 is 0 Å². The monoisotopic (exact) mass is 324 g/mol. The summed E-state index contributed by atoms with van der Waals surface area (Å²) in [7, 11) is 0. The normalized spacial score (nSPS) is 27.4. The first kappa shape index (κ1) is 23.0. The fourth-order valence-electron chi connectivity index (χ4n) is 6.72. The Hall–Kier alpha value is 0. The van der Waals surface area contributed by atoms with Gasteiger partial charge in [-0.3, -0.25) is 0 Å². The molecule has 0 spiro atoms. The van der Waals surface area contributed by atoms with E-state index in [9.17, 15) is 0 Å². The maximum absolute atomic E-state index is 2.39. The molecule has 0 radical (unpaired) electrons. The van der Waals surface area contributed by atoms with Crippen LogP contribution in [0, 0.1) is 44.3 Å². The minimum Gasteiger partial charge on any atom is -0.0776 e. The third-order valence-corrected chi connectivity index (χ3v) is 7.77. The molecule has 0 aromatic rings. The predicted molar refractivity (Wildman–Crippen MR) is 108 cm³/mol. The summed E-state index contributed by atoms with van der Waals surface area (Å²) in [6.45, 7) is 33.3. The molecule has 2 rings (SSSR count). The van der Waals surface area contributed by atoms with Gasteiger partial charge in [-0.1, -0.05) is 104 Å². The van der Waals surface area contributed by atoms with Crippen molar-refractivity contribution in [1.29, 1.82) is 0 Å². The molecular weight excluding hydrogens is 276 g/mol. The van der Waals surface area contributed by atoms with E-state index in [1.807, 2.05) is 0 Å². The number of rotatable bonds is 0. The lowest BCUT2D eigenvalue weighted by atomic mass is 9.84. The highest BCUT2D eigenvalue weighted by Gasteiger charge is 2.68. The molecule has 0 heterocycles. The topological polar surface area (TPSA) is 0 Å². The van der Waals surface area contributed by atoms with Crippen LogP contribution < -0.4 is 0 Å². The Balaban J connectivity index is 0.000000403. The van der Waals surface area contributed by atoms with Crippen molar-refractivity contribution in [2.24, 2.45) is 44.3 Å². The second-order valence-electron chi connectivity index (χ2n) is 12.5. The molecule has 2 aliphatic carbocycles. The van der Waals surface area contributed by atoms with Crippen molar-refractivity contribution in [3.8, 4) is 0 Å². The molecule has 2 fully saturated rings. The lowest BCUT2D eigenvalue weighted by molar-refractivity contribution is 0.286. The van der Waals surface area contributed by atoms with Crippen molar-refractivity contribution < 1.29 is 0 Å². The third kappa shape index (κ3) is 3.52. The second-order valence-corrected chi connectivity index (χ2v) is 12.5. The molecule has 0 aliphatic heterocycles. The molecule has 0 aromatic heterocycles. The molecule has 0 N–H and O–H groups in total. The van der Waals surface area contributed by atoms with Gasteiger partial charge in [-0.05, 0) is 44.3 Å². The molecule has 2 aliphatic rings.